The highest BCUT2D eigenvalue weighted by atomic mass is 32.2. The monoisotopic (exact) mass is 498 g/mol. The lowest BCUT2D eigenvalue weighted by molar-refractivity contribution is -0.116. The Morgan fingerprint density at radius 3 is 2.12 bits per heavy atom. The van der Waals surface area contributed by atoms with Crippen molar-refractivity contribution in [3.05, 3.63) is 12.1 Å². The van der Waals surface area contributed by atoms with Crippen LogP contribution in [0.15, 0.2) is 12.1 Å². The molecule has 0 bridgehead atoms. The SMILES string of the molecule is COc1cc(NC(=O)CCN2CCN(S(=O)(=O)N(C)C3CCCCC3)CC2)cc(OC)c1OC. The Kier molecular flexibility index (Phi) is 9.40. The molecule has 192 valence electrons. The van der Waals surface area contributed by atoms with E-state index in [9.17, 15) is 13.2 Å². The molecular formula is C23H38N4O6S. The number of hydrogen-bond acceptors (Lipinski definition) is 7. The number of nitrogens with one attached hydrogen (secondary N) is 1. The zero-order valence-electron chi connectivity index (χ0n) is 20.7. The van der Waals surface area contributed by atoms with Crippen LogP contribution in [0.3, 0.4) is 0 Å². The number of ether oxygens (including phenoxy) is 3. The van der Waals surface area contributed by atoms with E-state index in [2.05, 4.69) is 10.2 Å². The first-order chi connectivity index (χ1) is 16.3. The van der Waals surface area contributed by atoms with E-state index in [4.69, 9.17) is 14.2 Å². The number of nitrogens with zero attached hydrogens (tertiary/aromatic N) is 3. The van der Waals surface area contributed by atoms with Crippen molar-refractivity contribution in [3.8, 4) is 17.2 Å². The lowest BCUT2D eigenvalue weighted by Gasteiger charge is -2.38. The van der Waals surface area contributed by atoms with Gasteiger partial charge in [0.1, 0.15) is 0 Å². The zero-order chi connectivity index (χ0) is 24.7. The highest BCUT2D eigenvalue weighted by Crippen LogP contribution is 2.40. The number of anilines is 1. The molecule has 1 amide bonds. The molecule has 0 radical (unpaired) electrons. The van der Waals surface area contributed by atoms with E-state index >= 15 is 0 Å². The highest BCUT2D eigenvalue weighted by Gasteiger charge is 2.34. The lowest BCUT2D eigenvalue weighted by Crippen LogP contribution is -2.54. The van der Waals surface area contributed by atoms with Gasteiger partial charge >= 0.3 is 0 Å². The van der Waals surface area contributed by atoms with Crippen LogP contribution < -0.4 is 19.5 Å². The van der Waals surface area contributed by atoms with Gasteiger partial charge in [-0.1, -0.05) is 19.3 Å². The number of piperazine rings is 1. The van der Waals surface area contributed by atoms with Crippen molar-refractivity contribution in [2.75, 3.05) is 66.4 Å². The molecule has 1 aromatic carbocycles. The normalized spacial score (nSPS) is 18.6. The maximum Gasteiger partial charge on any atom is 0.282 e. The number of hydrogen-bond donors (Lipinski definition) is 1. The van der Waals surface area contributed by atoms with Gasteiger partial charge in [0, 0.05) is 70.1 Å². The Hall–Kier alpha value is -2.08. The van der Waals surface area contributed by atoms with Gasteiger partial charge in [0.05, 0.1) is 21.3 Å². The average Bonchev–Trinajstić information content (AvgIpc) is 2.87. The predicted molar refractivity (Wildman–Crippen MR) is 131 cm³/mol. The van der Waals surface area contributed by atoms with Gasteiger partial charge in [-0.25, -0.2) is 0 Å². The van der Waals surface area contributed by atoms with Gasteiger partial charge in [0.15, 0.2) is 11.5 Å². The van der Waals surface area contributed by atoms with Crippen LogP contribution in [0.1, 0.15) is 38.5 Å². The largest absolute Gasteiger partial charge is 0.493 e. The number of carbonyl (C=O) groups excluding carboxylic acids is 1. The molecule has 1 aliphatic heterocycles. The van der Waals surface area contributed by atoms with Gasteiger partial charge < -0.3 is 24.4 Å². The summed E-state index contributed by atoms with van der Waals surface area (Å²) < 4.78 is 45.2. The molecule has 11 heteroatoms. The van der Waals surface area contributed by atoms with Gasteiger partial charge in [-0.2, -0.15) is 17.0 Å². The van der Waals surface area contributed by atoms with E-state index in [-0.39, 0.29) is 11.9 Å². The minimum Gasteiger partial charge on any atom is -0.493 e. The molecule has 34 heavy (non-hydrogen) atoms. The Morgan fingerprint density at radius 1 is 1.00 bits per heavy atom. The average molecular weight is 499 g/mol. The van der Waals surface area contributed by atoms with Crippen LogP contribution in [-0.2, 0) is 15.0 Å². The maximum absolute atomic E-state index is 13.1. The van der Waals surface area contributed by atoms with E-state index < -0.39 is 10.2 Å². The summed E-state index contributed by atoms with van der Waals surface area (Å²) in [4.78, 5) is 14.7. The molecule has 0 unspecified atom stereocenters. The summed E-state index contributed by atoms with van der Waals surface area (Å²) in [6, 6.07) is 3.48. The second kappa shape index (κ2) is 12.1. The molecule has 1 aromatic rings. The molecule has 1 aliphatic carbocycles. The molecule has 1 heterocycles. The van der Waals surface area contributed by atoms with Crippen molar-refractivity contribution in [1.29, 1.82) is 0 Å². The van der Waals surface area contributed by atoms with Gasteiger partial charge in [-0.05, 0) is 12.8 Å². The predicted octanol–water partition coefficient (Wildman–Crippen LogP) is 2.17. The van der Waals surface area contributed by atoms with Crippen molar-refractivity contribution in [2.45, 2.75) is 44.6 Å². The number of rotatable bonds is 10. The van der Waals surface area contributed by atoms with E-state index in [1.165, 1.54) is 27.8 Å². The molecule has 3 rings (SSSR count). The summed E-state index contributed by atoms with van der Waals surface area (Å²) in [6.07, 6.45) is 5.56. The molecular weight excluding hydrogens is 460 g/mol. The van der Waals surface area contributed by atoms with Crippen molar-refractivity contribution in [2.24, 2.45) is 0 Å². The third kappa shape index (κ3) is 6.32. The second-order valence-electron chi connectivity index (χ2n) is 8.77. The first kappa shape index (κ1) is 26.5. The molecule has 0 spiro atoms. The number of carbonyl (C=O) groups is 1. The summed E-state index contributed by atoms with van der Waals surface area (Å²) in [6.45, 7) is 2.65. The second-order valence-corrected chi connectivity index (χ2v) is 10.8. The Bertz CT molecular complexity index is 902. The van der Waals surface area contributed by atoms with Crippen LogP contribution in [0.2, 0.25) is 0 Å². The Balaban J connectivity index is 1.48. The van der Waals surface area contributed by atoms with Crippen LogP contribution in [0.25, 0.3) is 0 Å². The first-order valence-corrected chi connectivity index (χ1v) is 13.2. The Labute approximate surface area is 203 Å². The summed E-state index contributed by atoms with van der Waals surface area (Å²) in [5, 5.41) is 2.87. The fourth-order valence-corrected chi connectivity index (χ4v) is 6.21. The minimum absolute atomic E-state index is 0.107. The van der Waals surface area contributed by atoms with E-state index in [1.807, 2.05) is 0 Å². The van der Waals surface area contributed by atoms with Crippen LogP contribution in [-0.4, -0.2) is 95.0 Å². The lowest BCUT2D eigenvalue weighted by atomic mass is 9.96. The van der Waals surface area contributed by atoms with Crippen molar-refractivity contribution in [1.82, 2.24) is 13.5 Å². The number of methoxy groups -OCH3 is 3. The topological polar surface area (TPSA) is 101 Å². The van der Waals surface area contributed by atoms with E-state index in [1.54, 1.807) is 27.8 Å². The van der Waals surface area contributed by atoms with E-state index in [0.29, 0.717) is 62.1 Å². The highest BCUT2D eigenvalue weighted by molar-refractivity contribution is 7.86. The molecule has 1 saturated carbocycles. The van der Waals surface area contributed by atoms with Crippen LogP contribution in [0.4, 0.5) is 5.69 Å². The fraction of sp³-hybridized carbons (Fsp3) is 0.696. The van der Waals surface area contributed by atoms with Gasteiger partial charge in [-0.15, -0.1) is 0 Å². The van der Waals surface area contributed by atoms with Crippen molar-refractivity contribution in [3.63, 3.8) is 0 Å². The fourth-order valence-electron chi connectivity index (χ4n) is 4.64. The smallest absolute Gasteiger partial charge is 0.282 e. The quantitative estimate of drug-likeness (QED) is 0.528. The molecule has 0 aromatic heterocycles. The molecule has 1 saturated heterocycles. The zero-order valence-corrected chi connectivity index (χ0v) is 21.5. The van der Waals surface area contributed by atoms with Gasteiger partial charge in [0.2, 0.25) is 11.7 Å². The third-order valence-electron chi connectivity index (χ3n) is 6.71. The number of benzene rings is 1. The van der Waals surface area contributed by atoms with Crippen LogP contribution in [0, 0.1) is 0 Å². The third-order valence-corrected chi connectivity index (χ3v) is 8.76. The van der Waals surface area contributed by atoms with E-state index in [0.717, 1.165) is 25.7 Å². The summed E-state index contributed by atoms with van der Waals surface area (Å²) in [7, 11) is 2.84. The summed E-state index contributed by atoms with van der Waals surface area (Å²) in [5.41, 5.74) is 0.557. The van der Waals surface area contributed by atoms with Crippen molar-refractivity contribution < 1.29 is 27.4 Å². The standard InChI is InChI=1S/C23H38N4O6S/c1-25(19-8-6-5-7-9-19)34(29,30)27-14-12-26(13-15-27)11-10-22(28)24-18-16-20(31-2)23(33-4)21(17-18)32-3/h16-17,19H,5-15H2,1-4H3,(H,24,28). The van der Waals surface area contributed by atoms with Crippen molar-refractivity contribution >= 4 is 21.8 Å². The van der Waals surface area contributed by atoms with Crippen LogP contribution >= 0.6 is 0 Å². The summed E-state index contributed by atoms with van der Waals surface area (Å²) >= 11 is 0. The molecule has 1 N–H and O–H groups in total. The maximum atomic E-state index is 13.1. The molecule has 0 atom stereocenters. The Morgan fingerprint density at radius 2 is 1.59 bits per heavy atom. The van der Waals surface area contributed by atoms with Crippen LogP contribution in [0.5, 0.6) is 17.2 Å². The molecule has 2 fully saturated rings. The van der Waals surface area contributed by atoms with Gasteiger partial charge in [-0.3, -0.25) is 4.79 Å². The summed E-state index contributed by atoms with van der Waals surface area (Å²) in [5.74, 6) is 1.26. The first-order valence-electron chi connectivity index (χ1n) is 11.9. The molecule has 2 aliphatic rings. The van der Waals surface area contributed by atoms with Gasteiger partial charge in [0.25, 0.3) is 10.2 Å². The minimum atomic E-state index is -3.45. The number of amides is 1. The molecule has 10 nitrogen and oxygen atoms in total.